The van der Waals surface area contributed by atoms with Gasteiger partial charge in [0.05, 0.1) is 0 Å². The van der Waals surface area contributed by atoms with Crippen molar-refractivity contribution in [2.75, 3.05) is 11.9 Å². The zero-order chi connectivity index (χ0) is 14.7. The quantitative estimate of drug-likeness (QED) is 0.391. The topological polar surface area (TPSA) is 87.6 Å². The second kappa shape index (κ2) is 5.87. The Kier molecular flexibility index (Phi) is 4.19. The largest absolute Gasteiger partial charge is 0.409 e. The van der Waals surface area contributed by atoms with Crippen molar-refractivity contribution < 1.29 is 5.21 Å². The van der Waals surface area contributed by atoms with Gasteiger partial charge in [0.1, 0.15) is 5.82 Å². The molecule has 2 rings (SSSR count). The third-order valence-corrected chi connectivity index (χ3v) is 3.68. The van der Waals surface area contributed by atoms with Gasteiger partial charge in [0, 0.05) is 35.7 Å². The molecule has 6 nitrogen and oxygen atoms in total. The summed E-state index contributed by atoms with van der Waals surface area (Å²) in [6, 6.07) is 7.41. The SMILES string of the molecule is CC(C)c1nsc(N(C)c2cccc(C(N)=NO)c2)n1. The molecule has 1 heterocycles. The molecule has 0 fully saturated rings. The maximum absolute atomic E-state index is 8.73. The van der Waals surface area contributed by atoms with E-state index in [4.69, 9.17) is 10.9 Å². The Balaban J connectivity index is 2.30. The number of hydrogen-bond donors (Lipinski definition) is 2. The minimum absolute atomic E-state index is 0.0837. The van der Waals surface area contributed by atoms with E-state index in [1.54, 1.807) is 6.07 Å². The number of anilines is 2. The second-order valence-corrected chi connectivity index (χ2v) is 5.41. The first kappa shape index (κ1) is 14.3. The highest BCUT2D eigenvalue weighted by molar-refractivity contribution is 7.09. The molecular weight excluding hydrogens is 274 g/mol. The zero-order valence-corrected chi connectivity index (χ0v) is 12.4. The van der Waals surface area contributed by atoms with Crippen LogP contribution in [0.3, 0.4) is 0 Å². The van der Waals surface area contributed by atoms with Crippen LogP contribution in [0.15, 0.2) is 29.4 Å². The molecule has 0 unspecified atom stereocenters. The molecule has 106 valence electrons. The van der Waals surface area contributed by atoms with E-state index in [1.807, 2.05) is 30.1 Å². The van der Waals surface area contributed by atoms with Crippen LogP contribution >= 0.6 is 11.5 Å². The molecule has 0 radical (unpaired) electrons. The van der Waals surface area contributed by atoms with Crippen molar-refractivity contribution in [3.8, 4) is 0 Å². The van der Waals surface area contributed by atoms with Gasteiger partial charge in [-0.05, 0) is 12.1 Å². The molecule has 0 aliphatic rings. The second-order valence-electron chi connectivity index (χ2n) is 4.68. The van der Waals surface area contributed by atoms with Crippen LogP contribution in [-0.2, 0) is 0 Å². The lowest BCUT2D eigenvalue weighted by atomic mass is 10.2. The van der Waals surface area contributed by atoms with Crippen molar-refractivity contribution in [3.63, 3.8) is 0 Å². The lowest BCUT2D eigenvalue weighted by Crippen LogP contribution is -2.15. The number of rotatable bonds is 4. The van der Waals surface area contributed by atoms with Crippen LogP contribution in [0.1, 0.15) is 31.2 Å². The van der Waals surface area contributed by atoms with Crippen LogP contribution in [0.25, 0.3) is 0 Å². The van der Waals surface area contributed by atoms with Crippen molar-refractivity contribution in [2.45, 2.75) is 19.8 Å². The summed E-state index contributed by atoms with van der Waals surface area (Å²) in [5.74, 6) is 1.22. The standard InChI is InChI=1S/C13H17N5OS/c1-8(2)12-15-13(20-17-12)18(3)10-6-4-5-9(7-10)11(14)16-19/h4-8,19H,1-3H3,(H2,14,16). The average Bonchev–Trinajstić information content (AvgIpc) is 2.95. The molecule has 20 heavy (non-hydrogen) atoms. The molecule has 1 aromatic heterocycles. The molecule has 0 spiro atoms. The minimum Gasteiger partial charge on any atom is -0.409 e. The fourth-order valence-corrected chi connectivity index (χ4v) is 2.43. The predicted octanol–water partition coefficient (Wildman–Crippen LogP) is 2.52. The van der Waals surface area contributed by atoms with Crippen LogP contribution in [-0.4, -0.2) is 27.4 Å². The zero-order valence-electron chi connectivity index (χ0n) is 11.6. The Labute approximate surface area is 121 Å². The molecule has 0 bridgehead atoms. The normalized spacial score (nSPS) is 11.9. The van der Waals surface area contributed by atoms with E-state index in [2.05, 4.69) is 28.4 Å². The molecule has 3 N–H and O–H groups in total. The summed E-state index contributed by atoms with van der Waals surface area (Å²) in [5.41, 5.74) is 7.16. The van der Waals surface area contributed by atoms with E-state index < -0.39 is 0 Å². The monoisotopic (exact) mass is 291 g/mol. The smallest absolute Gasteiger partial charge is 0.209 e. The summed E-state index contributed by atoms with van der Waals surface area (Å²) in [6.45, 7) is 4.12. The van der Waals surface area contributed by atoms with E-state index >= 15 is 0 Å². The van der Waals surface area contributed by atoms with Crippen molar-refractivity contribution in [2.24, 2.45) is 10.9 Å². The van der Waals surface area contributed by atoms with E-state index in [1.165, 1.54) is 11.5 Å². The van der Waals surface area contributed by atoms with E-state index in [0.29, 0.717) is 11.5 Å². The highest BCUT2D eigenvalue weighted by atomic mass is 32.1. The van der Waals surface area contributed by atoms with Gasteiger partial charge in [0.15, 0.2) is 5.84 Å². The van der Waals surface area contributed by atoms with Crippen LogP contribution in [0.4, 0.5) is 10.8 Å². The first-order valence-corrected chi connectivity index (χ1v) is 6.95. The molecule has 0 atom stereocenters. The minimum atomic E-state index is 0.0837. The van der Waals surface area contributed by atoms with Crippen LogP contribution in [0.5, 0.6) is 0 Å². The number of nitrogens with zero attached hydrogens (tertiary/aromatic N) is 4. The van der Waals surface area contributed by atoms with Gasteiger partial charge in [0.25, 0.3) is 0 Å². The lowest BCUT2D eigenvalue weighted by Gasteiger charge is -2.16. The summed E-state index contributed by atoms with van der Waals surface area (Å²) in [6.07, 6.45) is 0. The van der Waals surface area contributed by atoms with Gasteiger partial charge >= 0.3 is 0 Å². The molecule has 2 aromatic rings. The van der Waals surface area contributed by atoms with Crippen LogP contribution in [0.2, 0.25) is 0 Å². The summed E-state index contributed by atoms with van der Waals surface area (Å²) in [7, 11) is 1.91. The molecule has 0 aliphatic heterocycles. The number of oxime groups is 1. The summed E-state index contributed by atoms with van der Waals surface area (Å²) in [4.78, 5) is 6.43. The third kappa shape index (κ3) is 2.88. The molecule has 1 aromatic carbocycles. The van der Waals surface area contributed by atoms with Crippen LogP contribution in [0, 0.1) is 0 Å². The van der Waals surface area contributed by atoms with Gasteiger partial charge in [0.2, 0.25) is 5.13 Å². The summed E-state index contributed by atoms with van der Waals surface area (Å²) < 4.78 is 4.34. The number of nitrogens with two attached hydrogens (primary N) is 1. The summed E-state index contributed by atoms with van der Waals surface area (Å²) >= 11 is 1.35. The Morgan fingerprint density at radius 1 is 1.45 bits per heavy atom. The van der Waals surface area contributed by atoms with Gasteiger partial charge in [-0.2, -0.15) is 4.37 Å². The van der Waals surface area contributed by atoms with Crippen molar-refractivity contribution in [3.05, 3.63) is 35.7 Å². The first-order chi connectivity index (χ1) is 9.52. The number of benzene rings is 1. The molecule has 0 saturated heterocycles. The fourth-order valence-electron chi connectivity index (χ4n) is 1.64. The predicted molar refractivity (Wildman–Crippen MR) is 81.0 cm³/mol. The van der Waals surface area contributed by atoms with E-state index in [0.717, 1.165) is 16.6 Å². The van der Waals surface area contributed by atoms with Gasteiger partial charge in [-0.15, -0.1) is 0 Å². The Morgan fingerprint density at radius 2 is 2.20 bits per heavy atom. The van der Waals surface area contributed by atoms with Gasteiger partial charge in [-0.25, -0.2) is 4.98 Å². The Bertz CT molecular complexity index is 623. The van der Waals surface area contributed by atoms with E-state index in [9.17, 15) is 0 Å². The van der Waals surface area contributed by atoms with Crippen molar-refractivity contribution in [1.29, 1.82) is 0 Å². The fraction of sp³-hybridized carbons (Fsp3) is 0.308. The Hall–Kier alpha value is -2.15. The van der Waals surface area contributed by atoms with Gasteiger partial charge in [-0.3, -0.25) is 0 Å². The maximum atomic E-state index is 8.73. The van der Waals surface area contributed by atoms with Gasteiger partial charge < -0.3 is 15.8 Å². The molecule has 0 aliphatic carbocycles. The van der Waals surface area contributed by atoms with Crippen molar-refractivity contribution >= 4 is 28.2 Å². The van der Waals surface area contributed by atoms with Crippen LogP contribution < -0.4 is 10.6 Å². The van der Waals surface area contributed by atoms with E-state index in [-0.39, 0.29) is 5.84 Å². The first-order valence-electron chi connectivity index (χ1n) is 6.18. The average molecular weight is 291 g/mol. The highest BCUT2D eigenvalue weighted by Gasteiger charge is 2.13. The number of hydrogen-bond acceptors (Lipinski definition) is 6. The maximum Gasteiger partial charge on any atom is 0.209 e. The third-order valence-electron chi connectivity index (χ3n) is 2.87. The Morgan fingerprint density at radius 3 is 2.80 bits per heavy atom. The molecule has 0 saturated carbocycles. The van der Waals surface area contributed by atoms with Gasteiger partial charge in [-0.1, -0.05) is 31.1 Å². The summed E-state index contributed by atoms with van der Waals surface area (Å²) in [5, 5.41) is 12.5. The van der Waals surface area contributed by atoms with Crippen molar-refractivity contribution in [1.82, 2.24) is 9.36 Å². The highest BCUT2D eigenvalue weighted by Crippen LogP contribution is 2.27. The molecule has 0 amide bonds. The number of aromatic nitrogens is 2. The lowest BCUT2D eigenvalue weighted by molar-refractivity contribution is 0.318. The molecular formula is C13H17N5OS. The molecule has 7 heteroatoms. The number of amidine groups is 1.